The zero-order chi connectivity index (χ0) is 21.1. The second-order valence-electron chi connectivity index (χ2n) is 5.34. The average Bonchev–Trinajstić information content (AvgIpc) is 3.11. The van der Waals surface area contributed by atoms with Crippen LogP contribution in [-0.4, -0.2) is 15.8 Å². The van der Waals surface area contributed by atoms with E-state index in [0.717, 1.165) is 47.0 Å². The number of allylic oxidation sites excluding steroid dienone is 4. The number of rotatable bonds is 5. The van der Waals surface area contributed by atoms with Crippen molar-refractivity contribution in [3.05, 3.63) is 55.5 Å². The first kappa shape index (κ1) is 22.0. The van der Waals surface area contributed by atoms with Crippen LogP contribution in [0.1, 0.15) is 31.2 Å². The Balaban J connectivity index is 2.08. The number of ketones is 1. The molecule has 0 bridgehead atoms. The zero-order valence-electron chi connectivity index (χ0n) is 14.4. The van der Waals surface area contributed by atoms with Crippen LogP contribution < -0.4 is 0 Å². The molecule has 0 saturated heterocycles. The van der Waals surface area contributed by atoms with Gasteiger partial charge < -0.3 is 0 Å². The maximum Gasteiger partial charge on any atom is 0.434 e. The summed E-state index contributed by atoms with van der Waals surface area (Å²) in [6.07, 6.45) is -2.66. The van der Waals surface area contributed by atoms with Crippen molar-refractivity contribution in [3.8, 4) is 0 Å². The molecule has 0 aliphatic rings. The lowest BCUT2D eigenvalue weighted by molar-refractivity contribution is -0.141. The van der Waals surface area contributed by atoms with E-state index in [1.54, 1.807) is 0 Å². The number of hydrogen-bond acceptors (Lipinski definition) is 5. The summed E-state index contributed by atoms with van der Waals surface area (Å²) >= 11 is 1.65. The van der Waals surface area contributed by atoms with Crippen LogP contribution in [0.2, 0.25) is 0 Å². The number of carbonyl (C=O) groups excluding carboxylic acids is 1. The molecular formula is C17H12F6N2OS2. The van der Waals surface area contributed by atoms with Crippen LogP contribution in [-0.2, 0) is 17.1 Å². The minimum Gasteiger partial charge on any atom is -0.290 e. The van der Waals surface area contributed by atoms with E-state index in [1.807, 2.05) is 0 Å². The van der Waals surface area contributed by atoms with Crippen molar-refractivity contribution in [2.75, 3.05) is 0 Å². The van der Waals surface area contributed by atoms with E-state index >= 15 is 0 Å². The number of halogens is 6. The van der Waals surface area contributed by atoms with Crippen molar-refractivity contribution >= 4 is 40.6 Å². The highest BCUT2D eigenvalue weighted by Crippen LogP contribution is 2.35. The second kappa shape index (κ2) is 8.39. The average molecular weight is 438 g/mol. The Morgan fingerprint density at radius 2 is 1.25 bits per heavy atom. The molecule has 0 unspecified atom stereocenters. The smallest absolute Gasteiger partial charge is 0.290 e. The molecule has 0 amide bonds. The number of nitrogens with zero attached hydrogens (tertiary/aromatic N) is 2. The van der Waals surface area contributed by atoms with E-state index in [2.05, 4.69) is 9.97 Å². The Kier molecular flexibility index (Phi) is 6.60. The van der Waals surface area contributed by atoms with Gasteiger partial charge in [-0.2, -0.15) is 26.3 Å². The van der Waals surface area contributed by atoms with Crippen LogP contribution >= 0.6 is 22.7 Å². The number of hydrogen-bond donors (Lipinski definition) is 0. The number of thiazole rings is 2. The summed E-state index contributed by atoms with van der Waals surface area (Å²) in [5.41, 5.74) is -2.07. The van der Waals surface area contributed by atoms with Crippen LogP contribution in [0.5, 0.6) is 0 Å². The summed E-state index contributed by atoms with van der Waals surface area (Å²) in [4.78, 5) is 18.3. The Morgan fingerprint density at radius 3 is 1.71 bits per heavy atom. The highest BCUT2D eigenvalue weighted by Gasteiger charge is 2.37. The Bertz CT molecular complexity index is 948. The fourth-order valence-electron chi connectivity index (χ4n) is 2.02. The maximum atomic E-state index is 12.8. The SMILES string of the molecule is Cc1nc(C(F)(F)F)c(/C=C/C=C/C(=O)/C=C/c2sc(C)nc2C(F)(F)F)s1. The molecule has 0 radical (unpaired) electrons. The molecular weight excluding hydrogens is 426 g/mol. The second-order valence-corrected chi connectivity index (χ2v) is 7.81. The number of aromatic nitrogens is 2. The topological polar surface area (TPSA) is 42.9 Å². The van der Waals surface area contributed by atoms with Crippen molar-refractivity contribution in [3.63, 3.8) is 0 Å². The molecule has 2 aromatic rings. The summed E-state index contributed by atoms with van der Waals surface area (Å²) in [6, 6.07) is 0. The molecule has 3 nitrogen and oxygen atoms in total. The van der Waals surface area contributed by atoms with Gasteiger partial charge in [-0.3, -0.25) is 4.79 Å². The first-order chi connectivity index (χ1) is 12.9. The fourth-order valence-corrected chi connectivity index (χ4v) is 3.73. The van der Waals surface area contributed by atoms with E-state index in [0.29, 0.717) is 0 Å². The van der Waals surface area contributed by atoms with Gasteiger partial charge in [0.05, 0.1) is 19.8 Å². The summed E-state index contributed by atoms with van der Waals surface area (Å²) in [5, 5.41) is 0.452. The van der Waals surface area contributed by atoms with Crippen LogP contribution in [0, 0.1) is 13.8 Å². The summed E-state index contributed by atoms with van der Waals surface area (Å²) in [5.74, 6) is -0.625. The van der Waals surface area contributed by atoms with Gasteiger partial charge in [0.1, 0.15) is 0 Å². The Labute approximate surface area is 163 Å². The predicted molar refractivity (Wildman–Crippen MR) is 95.9 cm³/mol. The minimum absolute atomic E-state index is 0.104. The third-order valence-electron chi connectivity index (χ3n) is 3.08. The van der Waals surface area contributed by atoms with Crippen molar-refractivity contribution in [2.24, 2.45) is 0 Å². The maximum absolute atomic E-state index is 12.8. The van der Waals surface area contributed by atoms with Gasteiger partial charge in [-0.15, -0.1) is 22.7 Å². The molecule has 2 heterocycles. The molecule has 2 aromatic heterocycles. The van der Waals surface area contributed by atoms with Crippen molar-refractivity contribution in [1.29, 1.82) is 0 Å². The van der Waals surface area contributed by atoms with Gasteiger partial charge in [-0.05, 0) is 38.2 Å². The third-order valence-corrected chi connectivity index (χ3v) is 4.95. The lowest BCUT2D eigenvalue weighted by atomic mass is 10.2. The molecule has 150 valence electrons. The predicted octanol–water partition coefficient (Wildman–Crippen LogP) is 6.11. The molecule has 0 N–H and O–H groups in total. The van der Waals surface area contributed by atoms with Crippen molar-refractivity contribution in [1.82, 2.24) is 9.97 Å². The van der Waals surface area contributed by atoms with E-state index < -0.39 is 29.5 Å². The van der Waals surface area contributed by atoms with Gasteiger partial charge in [0.2, 0.25) is 0 Å². The standard InChI is InChI=1S/C17H12F6N2OS2/c1-9-24-14(16(18,19)20)12(27-9)6-4-3-5-11(26)7-8-13-15(17(21,22)23)25-10(2)28-13/h3-8H,1-2H3/b5-3+,6-4+,8-7+. The van der Waals surface area contributed by atoms with Gasteiger partial charge in [0.25, 0.3) is 0 Å². The molecule has 0 aliphatic heterocycles. The van der Waals surface area contributed by atoms with Crippen molar-refractivity contribution < 1.29 is 31.1 Å². The van der Waals surface area contributed by atoms with Crippen molar-refractivity contribution in [2.45, 2.75) is 26.2 Å². The van der Waals surface area contributed by atoms with Crippen LogP contribution in [0.25, 0.3) is 12.2 Å². The third kappa shape index (κ3) is 5.86. The zero-order valence-corrected chi connectivity index (χ0v) is 16.0. The highest BCUT2D eigenvalue weighted by molar-refractivity contribution is 7.12. The van der Waals surface area contributed by atoms with E-state index in [9.17, 15) is 31.1 Å². The van der Waals surface area contributed by atoms with Gasteiger partial charge >= 0.3 is 12.4 Å². The van der Waals surface area contributed by atoms with Gasteiger partial charge in [-0.25, -0.2) is 9.97 Å². The molecule has 0 aliphatic carbocycles. The highest BCUT2D eigenvalue weighted by atomic mass is 32.1. The lowest BCUT2D eigenvalue weighted by Crippen LogP contribution is -2.07. The van der Waals surface area contributed by atoms with Gasteiger partial charge in [0, 0.05) is 0 Å². The first-order valence-electron chi connectivity index (χ1n) is 7.54. The monoisotopic (exact) mass is 438 g/mol. The van der Waals surface area contributed by atoms with Gasteiger partial charge in [-0.1, -0.05) is 12.2 Å². The molecule has 0 aromatic carbocycles. The summed E-state index contributed by atoms with van der Waals surface area (Å²) < 4.78 is 77.0. The number of aryl methyl sites for hydroxylation is 2. The van der Waals surface area contributed by atoms with Crippen LogP contribution in [0.3, 0.4) is 0 Å². The lowest BCUT2D eigenvalue weighted by Gasteiger charge is -2.02. The summed E-state index contributed by atoms with van der Waals surface area (Å²) in [7, 11) is 0. The molecule has 0 atom stereocenters. The molecule has 2 rings (SSSR count). The molecule has 0 fully saturated rings. The summed E-state index contributed by atoms with van der Waals surface area (Å²) in [6.45, 7) is 2.86. The van der Waals surface area contributed by atoms with Gasteiger partial charge in [0.15, 0.2) is 17.2 Å². The minimum atomic E-state index is -4.63. The molecule has 0 saturated carbocycles. The van der Waals surface area contributed by atoms with Crippen LogP contribution in [0.15, 0.2) is 24.3 Å². The number of alkyl halides is 6. The quantitative estimate of drug-likeness (QED) is 0.322. The van der Waals surface area contributed by atoms with E-state index in [-0.39, 0.29) is 19.8 Å². The normalized spacial score (nSPS) is 13.4. The Morgan fingerprint density at radius 1 is 0.786 bits per heavy atom. The van der Waals surface area contributed by atoms with E-state index in [4.69, 9.17) is 0 Å². The molecule has 0 spiro atoms. The van der Waals surface area contributed by atoms with Crippen LogP contribution in [0.4, 0.5) is 26.3 Å². The Hall–Kier alpha value is -2.27. The first-order valence-corrected chi connectivity index (χ1v) is 9.17. The number of carbonyl (C=O) groups is 1. The largest absolute Gasteiger partial charge is 0.434 e. The molecule has 11 heteroatoms. The molecule has 28 heavy (non-hydrogen) atoms. The fraction of sp³-hybridized carbons (Fsp3) is 0.235. The van der Waals surface area contributed by atoms with E-state index in [1.165, 1.54) is 26.0 Å².